The van der Waals surface area contributed by atoms with Crippen LogP contribution < -0.4 is 10.6 Å². The maximum absolute atomic E-state index is 12.0. The van der Waals surface area contributed by atoms with Gasteiger partial charge >= 0.3 is 34.4 Å². The molecule has 19 heteroatoms. The van der Waals surface area contributed by atoms with E-state index in [0.717, 1.165) is 0 Å². The molecule has 0 radical (unpaired) electrons. The smallest absolute Gasteiger partial charge is 0.366 e. The molecule has 2 heterocycles. The van der Waals surface area contributed by atoms with Crippen LogP contribution in [0.2, 0.25) is 0 Å². The third-order valence-electron chi connectivity index (χ3n) is 3.28. The quantitative estimate of drug-likeness (QED) is 0.292. The maximum atomic E-state index is 12.0. The fourth-order valence-corrected chi connectivity index (χ4v) is 8.78. The zero-order valence-corrected chi connectivity index (χ0v) is 18.7. The summed E-state index contributed by atoms with van der Waals surface area (Å²) >= 11 is 4.79. The van der Waals surface area contributed by atoms with Crippen molar-refractivity contribution < 1.29 is 59.1 Å². The number of hydrogen-bond donors (Lipinski definition) is 4. The van der Waals surface area contributed by atoms with Gasteiger partial charge in [-0.2, -0.15) is 17.5 Å². The van der Waals surface area contributed by atoms with E-state index in [4.69, 9.17) is 21.1 Å². The predicted molar refractivity (Wildman–Crippen MR) is 100 cm³/mol. The van der Waals surface area contributed by atoms with Crippen molar-refractivity contribution in [3.05, 3.63) is 12.3 Å². The highest BCUT2D eigenvalue weighted by Crippen LogP contribution is 2.80. The van der Waals surface area contributed by atoms with Crippen LogP contribution in [-0.4, -0.2) is 47.4 Å². The van der Waals surface area contributed by atoms with Crippen LogP contribution in [0.15, 0.2) is 12.3 Å². The molecule has 0 saturated carbocycles. The maximum Gasteiger partial charge on any atom is 0.488 e. The largest absolute Gasteiger partial charge is 0.488 e. The van der Waals surface area contributed by atoms with Crippen LogP contribution in [-0.2, 0) is 47.9 Å². The van der Waals surface area contributed by atoms with Gasteiger partial charge in [-0.05, 0) is 24.6 Å². The molecule has 0 aromatic carbocycles. The Morgan fingerprint density at radius 2 is 1.87 bits per heavy atom. The Hall–Kier alpha value is -0.810. The van der Waals surface area contributed by atoms with Gasteiger partial charge in [0.15, 0.2) is 0 Å². The fourth-order valence-electron chi connectivity index (χ4n) is 2.13. The lowest BCUT2D eigenvalue weighted by atomic mass is 10.2. The van der Waals surface area contributed by atoms with Gasteiger partial charge < -0.3 is 29.7 Å². The molecular weight excluding hydrogens is 514 g/mol. The Morgan fingerprint density at radius 1 is 1.23 bits per heavy atom. The van der Waals surface area contributed by atoms with Gasteiger partial charge in [-0.25, -0.2) is 17.8 Å². The molecule has 1 amide bonds. The van der Waals surface area contributed by atoms with Gasteiger partial charge in [-0.1, -0.05) is 11.8 Å². The SMILES string of the molecule is O=C(NCC#C/C=C/N[C@H]1CC[C@@H](COP2(=S)OP(=O)(O)OP(=O)(O)O2)O1)C(F)(F)F. The highest BCUT2D eigenvalue weighted by Gasteiger charge is 2.51. The zero-order valence-electron chi connectivity index (χ0n) is 15.2. The average molecular weight is 530 g/mol. The average Bonchev–Trinajstić information content (AvgIpc) is 3.03. The van der Waals surface area contributed by atoms with Crippen LogP contribution in [0.5, 0.6) is 0 Å². The molecular formula is C12H16F3N2O10P3S. The van der Waals surface area contributed by atoms with E-state index in [1.165, 1.54) is 12.3 Å². The third-order valence-corrected chi connectivity index (χ3v) is 10.2. The summed E-state index contributed by atoms with van der Waals surface area (Å²) in [6.07, 6.45) is -2.38. The lowest BCUT2D eigenvalue weighted by Gasteiger charge is -2.30. The first kappa shape index (κ1) is 26.4. The van der Waals surface area contributed by atoms with E-state index in [1.807, 2.05) is 0 Å². The molecule has 0 bridgehead atoms. The van der Waals surface area contributed by atoms with Gasteiger partial charge in [0.2, 0.25) is 0 Å². The Balaban J connectivity index is 1.71. The van der Waals surface area contributed by atoms with Crippen molar-refractivity contribution >= 4 is 40.1 Å². The molecule has 0 aromatic heterocycles. The van der Waals surface area contributed by atoms with Crippen molar-refractivity contribution in [2.45, 2.75) is 31.3 Å². The summed E-state index contributed by atoms with van der Waals surface area (Å²) in [6.45, 7) is -4.78. The summed E-state index contributed by atoms with van der Waals surface area (Å²) in [5, 5.41) is 4.40. The molecule has 0 aliphatic carbocycles. The summed E-state index contributed by atoms with van der Waals surface area (Å²) in [5.41, 5.74) is 0. The van der Waals surface area contributed by atoms with E-state index in [9.17, 15) is 36.9 Å². The van der Waals surface area contributed by atoms with Crippen LogP contribution in [0.3, 0.4) is 0 Å². The molecule has 4 N–H and O–H groups in total. The van der Waals surface area contributed by atoms with Crippen molar-refractivity contribution in [2.75, 3.05) is 13.2 Å². The number of nitrogens with one attached hydrogen (secondary N) is 2. The standard InChI is InChI=1S/C12H16F3N2O10P3S/c13-12(14,15)11(18)17-7-3-1-2-6-16-10-5-4-9(24-10)8-23-30(31)26-28(19,20)25-29(21,22)27-30/h2,6,9-10,16H,4-5,7-8H2,(H,17,18)(H,19,20)(H,21,22)/b6-2+/t9-,10+/m0/s1. The van der Waals surface area contributed by atoms with Gasteiger partial charge in [-0.3, -0.25) is 4.79 Å². The number of rotatable bonds is 6. The molecule has 12 nitrogen and oxygen atoms in total. The van der Waals surface area contributed by atoms with E-state index in [0.29, 0.717) is 12.8 Å². The minimum Gasteiger partial charge on any atom is -0.366 e. The summed E-state index contributed by atoms with van der Waals surface area (Å²) in [6, 6.07) is 0. The minimum absolute atomic E-state index is 0.266. The second-order valence-electron chi connectivity index (χ2n) is 5.75. The van der Waals surface area contributed by atoms with Crippen LogP contribution in [0.1, 0.15) is 12.8 Å². The molecule has 2 unspecified atom stereocenters. The molecule has 2 aliphatic rings. The van der Waals surface area contributed by atoms with Crippen molar-refractivity contribution in [1.82, 2.24) is 10.6 Å². The fraction of sp³-hybridized carbons (Fsp3) is 0.583. The van der Waals surface area contributed by atoms with Gasteiger partial charge in [0, 0.05) is 12.3 Å². The van der Waals surface area contributed by atoms with Crippen LogP contribution in [0.25, 0.3) is 0 Å². The predicted octanol–water partition coefficient (Wildman–Crippen LogP) is 1.78. The lowest BCUT2D eigenvalue weighted by molar-refractivity contribution is -0.173. The van der Waals surface area contributed by atoms with Crippen molar-refractivity contribution in [1.29, 1.82) is 0 Å². The van der Waals surface area contributed by atoms with Gasteiger partial charge in [0.05, 0.1) is 19.3 Å². The summed E-state index contributed by atoms with van der Waals surface area (Å²) in [7, 11) is -9.83. The molecule has 0 aromatic rings. The lowest BCUT2D eigenvalue weighted by Crippen LogP contribution is -2.36. The highest BCUT2D eigenvalue weighted by atomic mass is 32.5. The van der Waals surface area contributed by atoms with Crippen LogP contribution >= 0.6 is 22.4 Å². The number of hydrogen-bond acceptors (Lipinski definition) is 10. The third kappa shape index (κ3) is 9.29. The van der Waals surface area contributed by atoms with Crippen LogP contribution in [0.4, 0.5) is 13.2 Å². The minimum atomic E-state index is -4.97. The monoisotopic (exact) mass is 530 g/mol. The topological polar surface area (TPSA) is 162 Å². The summed E-state index contributed by atoms with van der Waals surface area (Å²) in [5.74, 6) is 2.62. The van der Waals surface area contributed by atoms with E-state index in [-0.39, 0.29) is 6.61 Å². The number of allylic oxidation sites excluding steroid dienone is 1. The van der Waals surface area contributed by atoms with E-state index >= 15 is 0 Å². The Labute approximate surface area is 178 Å². The molecule has 2 aliphatic heterocycles. The number of amides is 1. The van der Waals surface area contributed by atoms with E-state index in [2.05, 4.69) is 30.1 Å². The zero-order chi connectivity index (χ0) is 23.3. The first-order valence-electron chi connectivity index (χ1n) is 8.14. The summed E-state index contributed by atoms with van der Waals surface area (Å²) < 4.78 is 82.3. The first-order valence-corrected chi connectivity index (χ1v) is 13.7. The van der Waals surface area contributed by atoms with Gasteiger partial charge in [0.25, 0.3) is 0 Å². The molecule has 176 valence electrons. The number of alkyl halides is 3. The molecule has 31 heavy (non-hydrogen) atoms. The Bertz CT molecular complexity index is 892. The highest BCUT2D eigenvalue weighted by molar-refractivity contribution is 8.11. The van der Waals surface area contributed by atoms with E-state index in [1.54, 1.807) is 5.32 Å². The Morgan fingerprint density at radius 3 is 2.48 bits per heavy atom. The second-order valence-corrected chi connectivity index (χ2v) is 12.1. The number of halogens is 3. The molecule has 2 fully saturated rings. The molecule has 4 atom stereocenters. The second kappa shape index (κ2) is 10.4. The first-order chi connectivity index (χ1) is 14.2. The van der Waals surface area contributed by atoms with Gasteiger partial charge in [0.1, 0.15) is 6.23 Å². The molecule has 2 saturated heterocycles. The number of carbonyl (C=O) groups excluding carboxylic acids is 1. The number of ether oxygens (including phenoxy) is 1. The van der Waals surface area contributed by atoms with Crippen molar-refractivity contribution in [2.24, 2.45) is 0 Å². The molecule has 2 rings (SSSR count). The van der Waals surface area contributed by atoms with Crippen molar-refractivity contribution in [3.8, 4) is 11.8 Å². The normalized spacial score (nSPS) is 36.0. The summed E-state index contributed by atoms with van der Waals surface area (Å²) in [4.78, 5) is 29.1. The molecule has 0 spiro atoms. The van der Waals surface area contributed by atoms with Gasteiger partial charge in [-0.15, -0.1) is 0 Å². The van der Waals surface area contributed by atoms with Crippen molar-refractivity contribution in [3.63, 3.8) is 0 Å². The van der Waals surface area contributed by atoms with Crippen LogP contribution in [0, 0.1) is 11.8 Å². The number of phosphoric acid groups is 2. The van der Waals surface area contributed by atoms with E-state index < -0.39 is 53.3 Å². The Kier molecular flexibility index (Phi) is 8.89. The number of carbonyl (C=O) groups is 1.